The van der Waals surface area contributed by atoms with Crippen LogP contribution in [0.4, 0.5) is 0 Å². The molecule has 9 nitrogen and oxygen atoms in total. The normalized spacial score (nSPS) is 16.5. The molecule has 1 aliphatic heterocycles. The minimum Gasteiger partial charge on any atom is -0.465 e. The Labute approximate surface area is 178 Å². The van der Waals surface area contributed by atoms with Crippen molar-refractivity contribution in [2.75, 3.05) is 19.7 Å². The van der Waals surface area contributed by atoms with Gasteiger partial charge >= 0.3 is 0 Å². The number of aromatic nitrogens is 5. The van der Waals surface area contributed by atoms with E-state index in [1.54, 1.807) is 19.2 Å². The lowest BCUT2D eigenvalue weighted by Crippen LogP contribution is -2.43. The van der Waals surface area contributed by atoms with E-state index >= 15 is 0 Å². The summed E-state index contributed by atoms with van der Waals surface area (Å²) in [4.78, 5) is 18.6. The van der Waals surface area contributed by atoms with Crippen molar-refractivity contribution in [3.05, 3.63) is 54.7 Å². The summed E-state index contributed by atoms with van der Waals surface area (Å²) in [6.07, 6.45) is 7.42. The Balaban J connectivity index is 1.28. The summed E-state index contributed by atoms with van der Waals surface area (Å²) in [6, 6.07) is 9.79. The maximum atomic E-state index is 12.6. The highest BCUT2D eigenvalue weighted by molar-refractivity contribution is 5.95. The molecule has 5 rings (SSSR count). The van der Waals surface area contributed by atoms with E-state index in [9.17, 15) is 4.79 Å². The zero-order valence-electron chi connectivity index (χ0n) is 17.1. The molecule has 1 aliphatic rings. The maximum absolute atomic E-state index is 12.6. The molecule has 0 aliphatic carbocycles. The highest BCUT2D eigenvalue weighted by Crippen LogP contribution is 2.28. The molecule has 9 heteroatoms. The molecule has 1 aromatic carbocycles. The minimum absolute atomic E-state index is 0.0641. The Morgan fingerprint density at radius 1 is 1.32 bits per heavy atom. The molecule has 1 amide bonds. The summed E-state index contributed by atoms with van der Waals surface area (Å²) < 4.78 is 12.3. The molecule has 1 atom stereocenters. The summed E-state index contributed by atoms with van der Waals surface area (Å²) in [5.41, 5.74) is 1.83. The molecule has 0 spiro atoms. The molecule has 0 radical (unpaired) electrons. The fourth-order valence-corrected chi connectivity index (χ4v) is 3.96. The smallest absolute Gasteiger partial charge is 0.260 e. The van der Waals surface area contributed by atoms with E-state index in [1.165, 1.54) is 0 Å². The highest BCUT2D eigenvalue weighted by Gasteiger charge is 2.26. The van der Waals surface area contributed by atoms with Crippen molar-refractivity contribution >= 4 is 16.7 Å². The number of hydrogen-bond acceptors (Lipinski definition) is 7. The Hall–Kier alpha value is -3.75. The lowest BCUT2D eigenvalue weighted by atomic mass is 10.0. The van der Waals surface area contributed by atoms with Crippen molar-refractivity contribution in [1.29, 1.82) is 0 Å². The topological polar surface area (TPSA) is 99.2 Å². The number of pyridine rings is 1. The number of fused-ring (bicyclic) bond motifs is 1. The van der Waals surface area contributed by atoms with Gasteiger partial charge in [0, 0.05) is 42.5 Å². The van der Waals surface area contributed by atoms with Gasteiger partial charge in [0.05, 0.1) is 12.2 Å². The Kier molecular flexibility index (Phi) is 5.07. The first-order valence-corrected chi connectivity index (χ1v) is 10.3. The molecule has 0 N–H and O–H groups in total. The largest absolute Gasteiger partial charge is 0.465 e. The number of likely N-dealkylation sites (tertiary alicyclic amines) is 1. The number of carbonyl (C=O) groups excluding carboxylic acids is 1. The van der Waals surface area contributed by atoms with Crippen LogP contribution in [0.2, 0.25) is 0 Å². The predicted octanol–water partition coefficient (Wildman–Crippen LogP) is 3.03. The lowest BCUT2D eigenvalue weighted by Gasteiger charge is -2.32. The summed E-state index contributed by atoms with van der Waals surface area (Å²) in [6.45, 7) is 2.99. The summed E-state index contributed by atoms with van der Waals surface area (Å²) >= 11 is 0. The second-order valence-corrected chi connectivity index (χ2v) is 7.69. The van der Waals surface area contributed by atoms with Crippen LogP contribution < -0.4 is 4.74 Å². The van der Waals surface area contributed by atoms with Gasteiger partial charge in [-0.2, -0.15) is 0 Å². The fourth-order valence-electron chi connectivity index (χ4n) is 3.96. The summed E-state index contributed by atoms with van der Waals surface area (Å²) in [5.74, 6) is 0.891. The SMILES string of the molecule is Cc1cc(OCC(=O)N2CCCC(n3cc(-c4cccc5cnccc45)nn3)C2)no1. The van der Waals surface area contributed by atoms with E-state index in [2.05, 4.69) is 20.5 Å². The number of piperidine rings is 1. The number of benzene rings is 1. The van der Waals surface area contributed by atoms with Crippen molar-refractivity contribution in [2.24, 2.45) is 0 Å². The van der Waals surface area contributed by atoms with E-state index in [4.69, 9.17) is 9.26 Å². The minimum atomic E-state index is -0.0766. The second-order valence-electron chi connectivity index (χ2n) is 7.69. The monoisotopic (exact) mass is 418 g/mol. The van der Waals surface area contributed by atoms with Crippen LogP contribution in [0, 0.1) is 6.92 Å². The van der Waals surface area contributed by atoms with E-state index in [0.29, 0.717) is 24.7 Å². The molecule has 1 unspecified atom stereocenters. The molecule has 3 aromatic heterocycles. The van der Waals surface area contributed by atoms with Gasteiger partial charge in [-0.25, -0.2) is 4.68 Å². The number of aryl methyl sites for hydroxylation is 1. The van der Waals surface area contributed by atoms with Crippen LogP contribution >= 0.6 is 0 Å². The summed E-state index contributed by atoms with van der Waals surface area (Å²) in [5, 5.41) is 14.7. The molecular formula is C22H22N6O3. The lowest BCUT2D eigenvalue weighted by molar-refractivity contribution is -0.135. The number of amides is 1. The molecule has 1 fully saturated rings. The molecule has 1 saturated heterocycles. The average molecular weight is 418 g/mol. The number of carbonyl (C=O) groups is 1. The maximum Gasteiger partial charge on any atom is 0.260 e. The van der Waals surface area contributed by atoms with Crippen LogP contribution in [0.5, 0.6) is 5.88 Å². The molecule has 4 aromatic rings. The summed E-state index contributed by atoms with van der Waals surface area (Å²) in [7, 11) is 0. The molecule has 0 saturated carbocycles. The number of ether oxygens (including phenoxy) is 1. The van der Waals surface area contributed by atoms with Crippen molar-refractivity contribution < 1.29 is 14.1 Å². The molecule has 158 valence electrons. The van der Waals surface area contributed by atoms with Crippen molar-refractivity contribution in [1.82, 2.24) is 30.0 Å². The van der Waals surface area contributed by atoms with Crippen LogP contribution in [0.15, 0.2) is 53.4 Å². The quantitative estimate of drug-likeness (QED) is 0.491. The standard InChI is InChI=1S/C22H22N6O3/c1-15-10-21(25-31-15)30-14-22(29)27-9-3-5-17(12-27)28-13-20(24-26-28)19-6-2-4-16-11-23-8-7-18(16)19/h2,4,6-8,10-11,13,17H,3,5,9,12,14H2,1H3. The van der Waals surface area contributed by atoms with Gasteiger partial charge in [-0.05, 0) is 36.4 Å². The molecule has 4 heterocycles. The van der Waals surface area contributed by atoms with Gasteiger partial charge in [-0.3, -0.25) is 9.78 Å². The van der Waals surface area contributed by atoms with Crippen LogP contribution in [-0.2, 0) is 4.79 Å². The van der Waals surface area contributed by atoms with Gasteiger partial charge in [0.25, 0.3) is 11.8 Å². The van der Waals surface area contributed by atoms with E-state index < -0.39 is 0 Å². The fraction of sp³-hybridized carbons (Fsp3) is 0.318. The Morgan fingerprint density at radius 3 is 3.13 bits per heavy atom. The third kappa shape index (κ3) is 3.98. The first kappa shape index (κ1) is 19.2. The van der Waals surface area contributed by atoms with Crippen LogP contribution in [0.25, 0.3) is 22.0 Å². The molecular weight excluding hydrogens is 396 g/mol. The first-order valence-electron chi connectivity index (χ1n) is 10.3. The van der Waals surface area contributed by atoms with Gasteiger partial charge in [0.2, 0.25) is 0 Å². The van der Waals surface area contributed by atoms with Gasteiger partial charge in [0.1, 0.15) is 11.5 Å². The zero-order chi connectivity index (χ0) is 21.2. The van der Waals surface area contributed by atoms with Crippen LogP contribution in [0.3, 0.4) is 0 Å². The average Bonchev–Trinajstić information content (AvgIpc) is 3.46. The van der Waals surface area contributed by atoms with Gasteiger partial charge < -0.3 is 14.2 Å². The second kappa shape index (κ2) is 8.17. The van der Waals surface area contributed by atoms with Gasteiger partial charge in [0.15, 0.2) is 6.61 Å². The highest BCUT2D eigenvalue weighted by atomic mass is 16.5. The molecule has 31 heavy (non-hydrogen) atoms. The van der Waals surface area contributed by atoms with Crippen molar-refractivity contribution in [3.8, 4) is 17.1 Å². The van der Waals surface area contributed by atoms with E-state index in [0.717, 1.165) is 34.9 Å². The van der Waals surface area contributed by atoms with E-state index in [-0.39, 0.29) is 18.6 Å². The predicted molar refractivity (Wildman–Crippen MR) is 112 cm³/mol. The van der Waals surface area contributed by atoms with Crippen molar-refractivity contribution in [2.45, 2.75) is 25.8 Å². The van der Waals surface area contributed by atoms with E-state index in [1.807, 2.05) is 46.2 Å². The van der Waals surface area contributed by atoms with Crippen LogP contribution in [-0.4, -0.2) is 55.6 Å². The van der Waals surface area contributed by atoms with Gasteiger partial charge in [-0.15, -0.1) is 5.10 Å². The Bertz CT molecular complexity index is 1210. The third-order valence-electron chi connectivity index (χ3n) is 5.54. The zero-order valence-corrected chi connectivity index (χ0v) is 17.1. The van der Waals surface area contributed by atoms with Gasteiger partial charge in [-0.1, -0.05) is 23.4 Å². The van der Waals surface area contributed by atoms with Crippen LogP contribution in [0.1, 0.15) is 24.6 Å². The third-order valence-corrected chi connectivity index (χ3v) is 5.54. The Morgan fingerprint density at radius 2 is 2.26 bits per heavy atom. The number of hydrogen-bond donors (Lipinski definition) is 0. The molecule has 0 bridgehead atoms. The number of rotatable bonds is 5. The first-order chi connectivity index (χ1) is 15.2. The number of nitrogens with zero attached hydrogens (tertiary/aromatic N) is 6. The van der Waals surface area contributed by atoms with Crippen molar-refractivity contribution in [3.63, 3.8) is 0 Å².